The lowest BCUT2D eigenvalue weighted by atomic mass is 9.98. The van der Waals surface area contributed by atoms with Crippen LogP contribution in [-0.4, -0.2) is 43.8 Å². The van der Waals surface area contributed by atoms with Crippen LogP contribution in [0, 0.1) is 5.92 Å². The molecular formula is C15H18Cl2N2O5S. The van der Waals surface area contributed by atoms with Crippen molar-refractivity contribution in [1.29, 1.82) is 0 Å². The second-order valence-corrected chi connectivity index (χ2v) is 8.48. The van der Waals surface area contributed by atoms with Crippen molar-refractivity contribution in [2.75, 3.05) is 13.1 Å². The van der Waals surface area contributed by atoms with E-state index < -0.39 is 33.9 Å². The minimum Gasteiger partial charge on any atom is -0.452 e. The highest BCUT2D eigenvalue weighted by atomic mass is 35.5. The van der Waals surface area contributed by atoms with Crippen molar-refractivity contribution < 1.29 is 22.7 Å². The quantitative estimate of drug-likeness (QED) is 0.747. The zero-order valence-electron chi connectivity index (χ0n) is 13.4. The molecule has 0 unspecified atom stereocenters. The molecule has 0 aliphatic carbocycles. The third-order valence-corrected chi connectivity index (χ3v) is 6.61. The summed E-state index contributed by atoms with van der Waals surface area (Å²) in [6.45, 7) is 1.66. The predicted octanol–water partition coefficient (Wildman–Crippen LogP) is 1.81. The van der Waals surface area contributed by atoms with E-state index >= 15 is 0 Å². The Balaban J connectivity index is 2.05. The Morgan fingerprint density at radius 3 is 2.44 bits per heavy atom. The van der Waals surface area contributed by atoms with Gasteiger partial charge in [-0.05, 0) is 38.0 Å². The van der Waals surface area contributed by atoms with Crippen molar-refractivity contribution in [3.8, 4) is 0 Å². The summed E-state index contributed by atoms with van der Waals surface area (Å²) < 4.78 is 31.6. The second kappa shape index (κ2) is 7.90. The van der Waals surface area contributed by atoms with Crippen LogP contribution in [-0.2, 0) is 24.3 Å². The molecule has 25 heavy (non-hydrogen) atoms. The first kappa shape index (κ1) is 20.0. The molecule has 1 heterocycles. The van der Waals surface area contributed by atoms with E-state index in [0.717, 1.165) is 0 Å². The Bertz CT molecular complexity index is 776. The van der Waals surface area contributed by atoms with E-state index in [1.165, 1.54) is 29.4 Å². The molecule has 1 aliphatic rings. The van der Waals surface area contributed by atoms with Gasteiger partial charge in [-0.25, -0.2) is 8.42 Å². The minimum absolute atomic E-state index is 0.0648. The molecule has 138 valence electrons. The van der Waals surface area contributed by atoms with Gasteiger partial charge in [0.2, 0.25) is 10.0 Å². The first-order chi connectivity index (χ1) is 11.6. The summed E-state index contributed by atoms with van der Waals surface area (Å²) in [7, 11) is -3.81. The van der Waals surface area contributed by atoms with Gasteiger partial charge in [-0.2, -0.15) is 4.31 Å². The number of halogens is 2. The van der Waals surface area contributed by atoms with Crippen molar-refractivity contribution in [2.24, 2.45) is 11.7 Å². The number of sulfonamides is 1. The minimum atomic E-state index is -3.81. The van der Waals surface area contributed by atoms with Gasteiger partial charge in [-0.1, -0.05) is 23.2 Å². The summed E-state index contributed by atoms with van der Waals surface area (Å²) in [6.07, 6.45) is -0.455. The van der Waals surface area contributed by atoms with Crippen molar-refractivity contribution in [2.45, 2.75) is 30.8 Å². The fourth-order valence-corrected chi connectivity index (χ4v) is 4.68. The number of benzene rings is 1. The number of piperidine rings is 1. The standard InChI is InChI=1S/C15H18Cl2N2O5S/c1-9(14(18)20)24-15(21)10-4-6-19(7-5-10)25(22,23)13-8-11(16)2-3-12(13)17/h2-3,8-10H,4-7H2,1H3,(H2,18,20)/t9-/m0/s1. The highest BCUT2D eigenvalue weighted by molar-refractivity contribution is 7.89. The molecule has 0 aromatic heterocycles. The molecular weight excluding hydrogens is 391 g/mol. The third-order valence-electron chi connectivity index (χ3n) is 3.99. The number of primary amides is 1. The van der Waals surface area contributed by atoms with E-state index in [1.807, 2.05) is 0 Å². The summed E-state index contributed by atoms with van der Waals surface area (Å²) in [5.41, 5.74) is 5.06. The first-order valence-electron chi connectivity index (χ1n) is 7.58. The molecule has 1 atom stereocenters. The lowest BCUT2D eigenvalue weighted by molar-refractivity contribution is -0.159. The number of carbonyl (C=O) groups is 2. The molecule has 0 bridgehead atoms. The van der Waals surface area contributed by atoms with E-state index in [9.17, 15) is 18.0 Å². The van der Waals surface area contributed by atoms with Crippen molar-refractivity contribution >= 4 is 45.1 Å². The van der Waals surface area contributed by atoms with E-state index in [0.29, 0.717) is 0 Å². The molecule has 2 rings (SSSR count). The van der Waals surface area contributed by atoms with Gasteiger partial charge in [-0.3, -0.25) is 9.59 Å². The van der Waals surface area contributed by atoms with Crippen molar-refractivity contribution in [1.82, 2.24) is 4.31 Å². The summed E-state index contributed by atoms with van der Waals surface area (Å²) >= 11 is 11.8. The Hall–Kier alpha value is -1.35. The highest BCUT2D eigenvalue weighted by Gasteiger charge is 2.34. The zero-order valence-corrected chi connectivity index (χ0v) is 15.8. The van der Waals surface area contributed by atoms with E-state index in [1.54, 1.807) is 0 Å². The Morgan fingerprint density at radius 1 is 1.28 bits per heavy atom. The lowest BCUT2D eigenvalue weighted by Crippen LogP contribution is -2.42. The van der Waals surface area contributed by atoms with Crippen LogP contribution in [0.5, 0.6) is 0 Å². The number of hydrogen-bond donors (Lipinski definition) is 1. The van der Waals surface area contributed by atoms with Crippen molar-refractivity contribution in [3.63, 3.8) is 0 Å². The van der Waals surface area contributed by atoms with Gasteiger partial charge in [0.1, 0.15) is 4.90 Å². The number of hydrogen-bond acceptors (Lipinski definition) is 5. The van der Waals surface area contributed by atoms with Crippen LogP contribution < -0.4 is 5.73 Å². The SMILES string of the molecule is C[C@H](OC(=O)C1CCN(S(=O)(=O)c2cc(Cl)ccc2Cl)CC1)C(N)=O. The zero-order chi connectivity index (χ0) is 18.8. The first-order valence-corrected chi connectivity index (χ1v) is 9.77. The summed E-state index contributed by atoms with van der Waals surface area (Å²) in [5, 5.41) is 0.350. The second-order valence-electron chi connectivity index (χ2n) is 5.73. The van der Waals surface area contributed by atoms with Gasteiger partial charge in [0.15, 0.2) is 6.10 Å². The fourth-order valence-electron chi connectivity index (χ4n) is 2.47. The molecule has 1 aromatic carbocycles. The summed E-state index contributed by atoms with van der Waals surface area (Å²) in [4.78, 5) is 22.9. The van der Waals surface area contributed by atoms with Gasteiger partial charge >= 0.3 is 5.97 Å². The molecule has 1 amide bonds. The van der Waals surface area contributed by atoms with Crippen LogP contribution in [0.3, 0.4) is 0 Å². The topological polar surface area (TPSA) is 107 Å². The molecule has 1 saturated heterocycles. The van der Waals surface area contributed by atoms with Gasteiger partial charge in [0.05, 0.1) is 10.9 Å². The number of esters is 1. The lowest BCUT2D eigenvalue weighted by Gasteiger charge is -2.30. The molecule has 1 aromatic rings. The molecule has 1 fully saturated rings. The molecule has 7 nitrogen and oxygen atoms in total. The largest absolute Gasteiger partial charge is 0.452 e. The maximum Gasteiger partial charge on any atom is 0.309 e. The molecule has 0 saturated carbocycles. The number of carbonyl (C=O) groups excluding carboxylic acids is 2. The van der Waals surface area contributed by atoms with Gasteiger partial charge in [0, 0.05) is 18.1 Å². The molecule has 0 spiro atoms. The van der Waals surface area contributed by atoms with Gasteiger partial charge < -0.3 is 10.5 Å². The molecule has 0 radical (unpaired) electrons. The van der Waals surface area contributed by atoms with E-state index in [-0.39, 0.29) is 40.9 Å². The van der Waals surface area contributed by atoms with Crippen LogP contribution >= 0.6 is 23.2 Å². The van der Waals surface area contributed by atoms with Crippen LogP contribution in [0.4, 0.5) is 0 Å². The Labute approximate surface area is 156 Å². The average Bonchev–Trinajstić information content (AvgIpc) is 2.56. The molecule has 2 N–H and O–H groups in total. The van der Waals surface area contributed by atoms with E-state index in [2.05, 4.69) is 0 Å². The number of nitrogens with zero attached hydrogens (tertiary/aromatic N) is 1. The smallest absolute Gasteiger partial charge is 0.309 e. The maximum atomic E-state index is 12.7. The monoisotopic (exact) mass is 408 g/mol. The van der Waals surface area contributed by atoms with Crippen LogP contribution in [0.25, 0.3) is 0 Å². The third kappa shape index (κ3) is 4.63. The van der Waals surface area contributed by atoms with Crippen LogP contribution in [0.15, 0.2) is 23.1 Å². The van der Waals surface area contributed by atoms with Crippen LogP contribution in [0.1, 0.15) is 19.8 Å². The van der Waals surface area contributed by atoms with Gasteiger partial charge in [-0.15, -0.1) is 0 Å². The number of ether oxygens (including phenoxy) is 1. The number of rotatable bonds is 5. The number of amides is 1. The maximum absolute atomic E-state index is 12.7. The molecule has 1 aliphatic heterocycles. The Kier molecular flexibility index (Phi) is 6.31. The average molecular weight is 409 g/mol. The molecule has 10 heteroatoms. The summed E-state index contributed by atoms with van der Waals surface area (Å²) in [6, 6.07) is 4.23. The predicted molar refractivity (Wildman–Crippen MR) is 92.7 cm³/mol. The summed E-state index contributed by atoms with van der Waals surface area (Å²) in [5.74, 6) is -1.77. The van der Waals surface area contributed by atoms with Gasteiger partial charge in [0.25, 0.3) is 5.91 Å². The van der Waals surface area contributed by atoms with Crippen molar-refractivity contribution in [3.05, 3.63) is 28.2 Å². The fraction of sp³-hybridized carbons (Fsp3) is 0.467. The highest BCUT2D eigenvalue weighted by Crippen LogP contribution is 2.30. The van der Waals surface area contributed by atoms with Crippen LogP contribution in [0.2, 0.25) is 10.0 Å². The van der Waals surface area contributed by atoms with E-state index in [4.69, 9.17) is 33.7 Å². The number of nitrogens with two attached hydrogens (primary N) is 1. The Morgan fingerprint density at radius 2 is 1.88 bits per heavy atom. The normalized spacial score (nSPS) is 17.9.